The Morgan fingerprint density at radius 2 is 1.69 bits per heavy atom. The molecule has 1 aliphatic heterocycles. The molecule has 1 aliphatic carbocycles. The minimum Gasteiger partial charge on any atom is -0.288 e. The van der Waals surface area contributed by atoms with Gasteiger partial charge in [-0.05, 0) is 55.5 Å². The van der Waals surface area contributed by atoms with Gasteiger partial charge in [0.2, 0.25) is 0 Å². The number of carbonyl (C=O) groups excluding carboxylic acids is 3. The molecule has 2 heterocycles. The Labute approximate surface area is 171 Å². The zero-order chi connectivity index (χ0) is 20.6. The van der Waals surface area contributed by atoms with Crippen LogP contribution in [0.3, 0.4) is 0 Å². The summed E-state index contributed by atoms with van der Waals surface area (Å²) in [6.07, 6.45) is 6.42. The highest BCUT2D eigenvalue weighted by atomic mass is 32.2. The average molecular weight is 434 g/mol. The molecule has 29 heavy (non-hydrogen) atoms. The standard InChI is InChI=1S/C19H19N3O5S2/c23-17-13-8-7-12(10-14(13)18(24)20-17)29(26,27)22-21-19(25)16-9-11-5-3-1-2-4-6-15(11)28-16/h7-10,22H,1-6H2,(H,21,25)(H,20,23,24). The first-order valence-electron chi connectivity index (χ1n) is 9.28. The van der Waals surface area contributed by atoms with E-state index in [2.05, 4.69) is 15.6 Å². The number of carbonyl (C=O) groups is 3. The summed E-state index contributed by atoms with van der Waals surface area (Å²) in [6.45, 7) is 0. The molecule has 1 aromatic heterocycles. The Morgan fingerprint density at radius 1 is 0.966 bits per heavy atom. The maximum Gasteiger partial charge on any atom is 0.276 e. The number of nitrogens with one attached hydrogen (secondary N) is 3. The lowest BCUT2D eigenvalue weighted by atomic mass is 10.00. The van der Waals surface area contributed by atoms with E-state index < -0.39 is 27.7 Å². The second kappa shape index (κ2) is 7.69. The Bertz CT molecular complexity index is 1100. The molecule has 4 rings (SSSR count). The van der Waals surface area contributed by atoms with Crippen molar-refractivity contribution in [2.24, 2.45) is 0 Å². The van der Waals surface area contributed by atoms with Crippen LogP contribution in [0.1, 0.15) is 66.5 Å². The van der Waals surface area contributed by atoms with Crippen LogP contribution >= 0.6 is 11.3 Å². The third kappa shape index (κ3) is 3.96. The van der Waals surface area contributed by atoms with Gasteiger partial charge in [0.05, 0.1) is 20.9 Å². The fraction of sp³-hybridized carbons (Fsp3) is 0.316. The Morgan fingerprint density at radius 3 is 2.48 bits per heavy atom. The molecule has 10 heteroatoms. The van der Waals surface area contributed by atoms with Crippen molar-refractivity contribution < 1.29 is 22.8 Å². The van der Waals surface area contributed by atoms with Crippen LogP contribution in [0.15, 0.2) is 29.2 Å². The third-order valence-electron chi connectivity index (χ3n) is 5.04. The van der Waals surface area contributed by atoms with Crippen molar-refractivity contribution in [1.82, 2.24) is 15.6 Å². The summed E-state index contributed by atoms with van der Waals surface area (Å²) in [5.41, 5.74) is 3.50. The van der Waals surface area contributed by atoms with Gasteiger partial charge in [-0.15, -0.1) is 16.2 Å². The second-order valence-corrected chi connectivity index (χ2v) is 9.84. The summed E-state index contributed by atoms with van der Waals surface area (Å²) < 4.78 is 25.0. The highest BCUT2D eigenvalue weighted by Crippen LogP contribution is 2.28. The molecule has 2 aromatic rings. The van der Waals surface area contributed by atoms with E-state index >= 15 is 0 Å². The molecule has 0 saturated carbocycles. The van der Waals surface area contributed by atoms with Crippen molar-refractivity contribution in [1.29, 1.82) is 0 Å². The minimum absolute atomic E-state index is 0.0118. The van der Waals surface area contributed by atoms with E-state index in [0.29, 0.717) is 4.88 Å². The summed E-state index contributed by atoms with van der Waals surface area (Å²) in [5.74, 6) is -1.75. The van der Waals surface area contributed by atoms with Crippen molar-refractivity contribution in [3.63, 3.8) is 0 Å². The second-order valence-electron chi connectivity index (χ2n) is 7.02. The van der Waals surface area contributed by atoms with Crippen LogP contribution in [0, 0.1) is 0 Å². The van der Waals surface area contributed by atoms with Crippen LogP contribution in [0.4, 0.5) is 0 Å². The predicted octanol–water partition coefficient (Wildman–Crippen LogP) is 1.91. The van der Waals surface area contributed by atoms with E-state index in [1.54, 1.807) is 0 Å². The Balaban J connectivity index is 1.48. The molecule has 0 fully saturated rings. The Kier molecular flexibility index (Phi) is 5.24. The van der Waals surface area contributed by atoms with Gasteiger partial charge in [-0.1, -0.05) is 12.8 Å². The van der Waals surface area contributed by atoms with Gasteiger partial charge in [-0.3, -0.25) is 25.1 Å². The molecule has 0 radical (unpaired) electrons. The van der Waals surface area contributed by atoms with Crippen molar-refractivity contribution in [2.75, 3.05) is 0 Å². The fourth-order valence-electron chi connectivity index (χ4n) is 3.50. The summed E-state index contributed by atoms with van der Waals surface area (Å²) in [5, 5.41) is 2.10. The van der Waals surface area contributed by atoms with Gasteiger partial charge >= 0.3 is 0 Å². The van der Waals surface area contributed by atoms with E-state index in [1.165, 1.54) is 41.2 Å². The molecule has 2 aliphatic rings. The molecular formula is C19H19N3O5S2. The number of thiophene rings is 1. The number of benzene rings is 1. The number of hydrazine groups is 1. The topological polar surface area (TPSA) is 121 Å². The molecule has 0 saturated heterocycles. The number of sulfonamides is 1. The largest absolute Gasteiger partial charge is 0.288 e. The quantitative estimate of drug-likeness (QED) is 0.502. The smallest absolute Gasteiger partial charge is 0.276 e. The molecule has 0 bridgehead atoms. The van der Waals surface area contributed by atoms with Crippen molar-refractivity contribution >= 4 is 39.1 Å². The van der Waals surface area contributed by atoms with E-state index in [0.717, 1.165) is 37.3 Å². The molecule has 3 amide bonds. The van der Waals surface area contributed by atoms with Crippen LogP contribution in [0.5, 0.6) is 0 Å². The first-order chi connectivity index (χ1) is 13.8. The fourth-order valence-corrected chi connectivity index (χ4v) is 5.52. The van der Waals surface area contributed by atoms with Crippen LogP contribution < -0.4 is 15.6 Å². The van der Waals surface area contributed by atoms with Gasteiger partial charge < -0.3 is 0 Å². The molecule has 3 N–H and O–H groups in total. The molecule has 0 unspecified atom stereocenters. The zero-order valence-electron chi connectivity index (χ0n) is 15.4. The number of amides is 3. The van der Waals surface area contributed by atoms with Crippen molar-refractivity contribution in [3.05, 3.63) is 50.7 Å². The lowest BCUT2D eigenvalue weighted by molar-refractivity contribution is 0.0877. The van der Waals surface area contributed by atoms with Gasteiger partial charge in [0.25, 0.3) is 27.7 Å². The highest BCUT2D eigenvalue weighted by Gasteiger charge is 2.29. The normalized spacial score (nSPS) is 16.4. The number of fused-ring (bicyclic) bond motifs is 2. The summed E-state index contributed by atoms with van der Waals surface area (Å²) in [6, 6.07) is 5.43. The first kappa shape index (κ1) is 19.7. The SMILES string of the molecule is O=C(NNS(=O)(=O)c1ccc2c(c1)C(=O)NC2=O)c1cc2c(s1)CCCCCC2. The number of rotatable bonds is 4. The zero-order valence-corrected chi connectivity index (χ0v) is 17.0. The van der Waals surface area contributed by atoms with Crippen molar-refractivity contribution in [3.8, 4) is 0 Å². The van der Waals surface area contributed by atoms with Crippen LogP contribution in [0.25, 0.3) is 0 Å². The van der Waals surface area contributed by atoms with Gasteiger partial charge in [0.1, 0.15) is 0 Å². The Hall–Kier alpha value is -2.56. The van der Waals surface area contributed by atoms with E-state index in [1.807, 2.05) is 6.07 Å². The van der Waals surface area contributed by atoms with E-state index in [-0.39, 0.29) is 16.0 Å². The van der Waals surface area contributed by atoms with Gasteiger partial charge in [0, 0.05) is 4.88 Å². The minimum atomic E-state index is -4.11. The van der Waals surface area contributed by atoms with Gasteiger partial charge in [-0.2, -0.15) is 0 Å². The molecule has 152 valence electrons. The van der Waals surface area contributed by atoms with E-state index in [4.69, 9.17) is 0 Å². The van der Waals surface area contributed by atoms with Crippen LogP contribution in [0.2, 0.25) is 0 Å². The van der Waals surface area contributed by atoms with E-state index in [9.17, 15) is 22.8 Å². The number of aryl methyl sites for hydroxylation is 2. The highest BCUT2D eigenvalue weighted by molar-refractivity contribution is 7.89. The predicted molar refractivity (Wildman–Crippen MR) is 106 cm³/mol. The molecular weight excluding hydrogens is 414 g/mol. The maximum absolute atomic E-state index is 12.5. The van der Waals surface area contributed by atoms with Crippen LogP contribution in [-0.4, -0.2) is 26.1 Å². The lowest BCUT2D eigenvalue weighted by Gasteiger charge is -2.08. The van der Waals surface area contributed by atoms with Gasteiger partial charge in [0.15, 0.2) is 0 Å². The third-order valence-corrected chi connectivity index (χ3v) is 7.52. The van der Waals surface area contributed by atoms with Gasteiger partial charge in [-0.25, -0.2) is 8.42 Å². The number of imide groups is 1. The maximum atomic E-state index is 12.5. The monoisotopic (exact) mass is 433 g/mol. The molecule has 8 nitrogen and oxygen atoms in total. The lowest BCUT2D eigenvalue weighted by Crippen LogP contribution is -2.41. The first-order valence-corrected chi connectivity index (χ1v) is 11.6. The summed E-state index contributed by atoms with van der Waals surface area (Å²) >= 11 is 1.39. The molecule has 1 aromatic carbocycles. The van der Waals surface area contributed by atoms with Crippen molar-refractivity contribution in [2.45, 2.75) is 43.4 Å². The summed E-state index contributed by atoms with van der Waals surface area (Å²) in [7, 11) is -4.11. The van der Waals surface area contributed by atoms with Crippen LogP contribution in [-0.2, 0) is 22.9 Å². The molecule has 0 spiro atoms. The average Bonchev–Trinajstić information content (AvgIpc) is 3.20. The summed E-state index contributed by atoms with van der Waals surface area (Å²) in [4.78, 5) is 39.3. The number of hydrogen-bond acceptors (Lipinski definition) is 6. The molecule has 0 atom stereocenters. The number of hydrogen-bond donors (Lipinski definition) is 3.